The molecule has 1 aromatic rings. The third kappa shape index (κ3) is 3.34. The van der Waals surface area contributed by atoms with Crippen LogP contribution in [0.2, 0.25) is 0 Å². The molecule has 0 saturated carbocycles. The van der Waals surface area contributed by atoms with Gasteiger partial charge in [0.1, 0.15) is 12.1 Å². The van der Waals surface area contributed by atoms with Crippen molar-refractivity contribution in [3.63, 3.8) is 0 Å². The van der Waals surface area contributed by atoms with Crippen molar-refractivity contribution < 1.29 is 14.6 Å². The Bertz CT molecular complexity index is 416. The molecular weight excluding hydrogens is 230 g/mol. The predicted molar refractivity (Wildman–Crippen MR) is 68.1 cm³/mol. The molecule has 4 nitrogen and oxygen atoms in total. The molecule has 1 aliphatic rings. The number of benzene rings is 1. The van der Waals surface area contributed by atoms with E-state index in [4.69, 9.17) is 4.74 Å². The summed E-state index contributed by atoms with van der Waals surface area (Å²) in [6.07, 6.45) is 5.62. The van der Waals surface area contributed by atoms with Crippen LogP contribution < -0.4 is 5.32 Å². The first kappa shape index (κ1) is 12.6. The molecule has 1 aromatic carbocycles. The molecule has 2 N–H and O–H groups in total. The molecule has 0 aliphatic carbocycles. The zero-order chi connectivity index (χ0) is 12.8. The molecule has 96 valence electrons. The summed E-state index contributed by atoms with van der Waals surface area (Å²) in [6.45, 7) is 0.538. The monoisotopic (exact) mass is 247 g/mol. The number of ether oxygens (including phenoxy) is 1. The molecule has 1 heterocycles. The molecule has 0 amide bonds. The smallest absolute Gasteiger partial charge is 0.325 e. The lowest BCUT2D eigenvalue weighted by Gasteiger charge is -2.22. The third-order valence-corrected chi connectivity index (χ3v) is 2.95. The molecule has 0 bridgehead atoms. The Morgan fingerprint density at radius 2 is 2.22 bits per heavy atom. The highest BCUT2D eigenvalue weighted by molar-refractivity contribution is 5.75. The van der Waals surface area contributed by atoms with Crippen LogP contribution in [0.15, 0.2) is 42.7 Å². The van der Waals surface area contributed by atoms with E-state index in [2.05, 4.69) is 5.32 Å². The molecule has 2 rings (SSSR count). The second-order valence-electron chi connectivity index (χ2n) is 4.30. The van der Waals surface area contributed by atoms with Crippen molar-refractivity contribution >= 4 is 5.97 Å². The average Bonchev–Trinajstić information content (AvgIpc) is 2.41. The number of carboxylic acid groups (broad SMARTS) is 1. The lowest BCUT2D eigenvalue weighted by Crippen LogP contribution is -2.35. The summed E-state index contributed by atoms with van der Waals surface area (Å²) in [7, 11) is 0. The van der Waals surface area contributed by atoms with Gasteiger partial charge < -0.3 is 9.84 Å². The Balaban J connectivity index is 1.95. The summed E-state index contributed by atoms with van der Waals surface area (Å²) in [4.78, 5) is 11.3. The number of carbonyl (C=O) groups is 1. The van der Waals surface area contributed by atoms with Crippen LogP contribution in [0.5, 0.6) is 0 Å². The molecule has 0 spiro atoms. The molecule has 0 aromatic heterocycles. The number of aliphatic carboxylic acids is 1. The second kappa shape index (κ2) is 6.21. The van der Waals surface area contributed by atoms with E-state index in [1.807, 2.05) is 36.4 Å². The van der Waals surface area contributed by atoms with Crippen molar-refractivity contribution in [2.24, 2.45) is 0 Å². The lowest BCUT2D eigenvalue weighted by molar-refractivity contribution is -0.139. The van der Waals surface area contributed by atoms with Gasteiger partial charge in [0.05, 0.1) is 6.26 Å². The number of hydrogen-bond acceptors (Lipinski definition) is 3. The Kier molecular flexibility index (Phi) is 4.36. The first-order valence-corrected chi connectivity index (χ1v) is 6.09. The molecule has 2 unspecified atom stereocenters. The van der Waals surface area contributed by atoms with E-state index in [-0.39, 0.29) is 6.10 Å². The van der Waals surface area contributed by atoms with Crippen LogP contribution in [0, 0.1) is 0 Å². The molecule has 18 heavy (non-hydrogen) atoms. The molecule has 0 saturated heterocycles. The number of nitrogens with one attached hydrogen (secondary N) is 1. The Morgan fingerprint density at radius 3 is 2.83 bits per heavy atom. The Hall–Kier alpha value is -1.81. The second-order valence-corrected chi connectivity index (χ2v) is 4.30. The van der Waals surface area contributed by atoms with Crippen molar-refractivity contribution in [2.75, 3.05) is 6.54 Å². The SMILES string of the molecule is O=C(O)C(NCC1CCC=CO1)c1ccccc1. The van der Waals surface area contributed by atoms with Crippen LogP contribution in [-0.2, 0) is 9.53 Å². The van der Waals surface area contributed by atoms with Crippen LogP contribution in [0.25, 0.3) is 0 Å². The molecule has 2 atom stereocenters. The van der Waals surface area contributed by atoms with Gasteiger partial charge in [-0.1, -0.05) is 30.3 Å². The zero-order valence-electron chi connectivity index (χ0n) is 10.1. The minimum atomic E-state index is -0.868. The Morgan fingerprint density at radius 1 is 1.44 bits per heavy atom. The van der Waals surface area contributed by atoms with Crippen molar-refractivity contribution in [1.29, 1.82) is 0 Å². The number of hydrogen-bond donors (Lipinski definition) is 2. The first-order chi connectivity index (χ1) is 8.77. The highest BCUT2D eigenvalue weighted by atomic mass is 16.5. The normalized spacial score (nSPS) is 20.1. The van der Waals surface area contributed by atoms with Crippen molar-refractivity contribution in [3.05, 3.63) is 48.2 Å². The van der Waals surface area contributed by atoms with Crippen LogP contribution in [0.1, 0.15) is 24.4 Å². The van der Waals surface area contributed by atoms with Gasteiger partial charge >= 0.3 is 5.97 Å². The standard InChI is InChI=1S/C14H17NO3/c16-14(17)13(11-6-2-1-3-7-11)15-10-12-8-4-5-9-18-12/h1-3,5-7,9,12-13,15H,4,8,10H2,(H,16,17). The highest BCUT2D eigenvalue weighted by Gasteiger charge is 2.21. The van der Waals surface area contributed by atoms with E-state index in [0.717, 1.165) is 18.4 Å². The van der Waals surface area contributed by atoms with Crippen LogP contribution >= 0.6 is 0 Å². The van der Waals surface area contributed by atoms with Crippen LogP contribution in [0.3, 0.4) is 0 Å². The van der Waals surface area contributed by atoms with Crippen LogP contribution in [0.4, 0.5) is 0 Å². The fourth-order valence-electron chi connectivity index (χ4n) is 1.98. The van der Waals surface area contributed by atoms with E-state index in [1.54, 1.807) is 6.26 Å². The zero-order valence-corrected chi connectivity index (χ0v) is 10.1. The molecule has 4 heteroatoms. The van der Waals surface area contributed by atoms with Crippen LogP contribution in [-0.4, -0.2) is 23.7 Å². The molecule has 0 fully saturated rings. The maximum absolute atomic E-state index is 11.3. The van der Waals surface area contributed by atoms with Crippen molar-refractivity contribution in [3.8, 4) is 0 Å². The van der Waals surface area contributed by atoms with E-state index in [1.165, 1.54) is 0 Å². The molecule has 1 aliphatic heterocycles. The summed E-state index contributed by atoms with van der Waals surface area (Å²) >= 11 is 0. The van der Waals surface area contributed by atoms with E-state index in [0.29, 0.717) is 6.54 Å². The summed E-state index contributed by atoms with van der Waals surface area (Å²) in [5.41, 5.74) is 0.761. The van der Waals surface area contributed by atoms with Gasteiger partial charge in [0.15, 0.2) is 0 Å². The third-order valence-electron chi connectivity index (χ3n) is 2.95. The number of rotatable bonds is 5. The van der Waals surface area contributed by atoms with Crippen molar-refractivity contribution in [1.82, 2.24) is 5.32 Å². The maximum atomic E-state index is 11.3. The molecular formula is C14H17NO3. The van der Waals surface area contributed by atoms with E-state index in [9.17, 15) is 9.90 Å². The van der Waals surface area contributed by atoms with Gasteiger partial charge in [-0.25, -0.2) is 0 Å². The Labute approximate surface area is 106 Å². The largest absolute Gasteiger partial charge is 0.497 e. The van der Waals surface area contributed by atoms with Gasteiger partial charge in [0.25, 0.3) is 0 Å². The number of allylic oxidation sites excluding steroid dienone is 1. The molecule has 0 radical (unpaired) electrons. The summed E-state index contributed by atoms with van der Waals surface area (Å²) < 4.78 is 5.41. The predicted octanol–water partition coefficient (Wildman–Crippen LogP) is 2.09. The topological polar surface area (TPSA) is 58.6 Å². The van der Waals surface area contributed by atoms with Gasteiger partial charge in [-0.15, -0.1) is 0 Å². The lowest BCUT2D eigenvalue weighted by atomic mass is 10.1. The minimum Gasteiger partial charge on any atom is -0.497 e. The average molecular weight is 247 g/mol. The number of carboxylic acids is 1. The van der Waals surface area contributed by atoms with E-state index >= 15 is 0 Å². The fraction of sp³-hybridized carbons (Fsp3) is 0.357. The van der Waals surface area contributed by atoms with Gasteiger partial charge in [0, 0.05) is 6.54 Å². The van der Waals surface area contributed by atoms with Gasteiger partial charge in [0.2, 0.25) is 0 Å². The summed E-state index contributed by atoms with van der Waals surface area (Å²) in [6, 6.07) is 8.50. The quantitative estimate of drug-likeness (QED) is 0.836. The summed E-state index contributed by atoms with van der Waals surface area (Å²) in [5.74, 6) is -0.868. The van der Waals surface area contributed by atoms with Gasteiger partial charge in [-0.2, -0.15) is 0 Å². The van der Waals surface area contributed by atoms with Gasteiger partial charge in [-0.05, 0) is 24.5 Å². The maximum Gasteiger partial charge on any atom is 0.325 e. The van der Waals surface area contributed by atoms with Crippen molar-refractivity contribution in [2.45, 2.75) is 25.0 Å². The van der Waals surface area contributed by atoms with Gasteiger partial charge in [-0.3, -0.25) is 10.1 Å². The minimum absolute atomic E-state index is 0.0561. The highest BCUT2D eigenvalue weighted by Crippen LogP contribution is 2.15. The fourth-order valence-corrected chi connectivity index (χ4v) is 1.98. The first-order valence-electron chi connectivity index (χ1n) is 6.09. The summed E-state index contributed by atoms with van der Waals surface area (Å²) in [5, 5.41) is 12.3. The van der Waals surface area contributed by atoms with E-state index < -0.39 is 12.0 Å².